The van der Waals surface area contributed by atoms with Gasteiger partial charge in [0.15, 0.2) is 11.6 Å². The molecule has 0 saturated carbocycles. The monoisotopic (exact) mass is 412 g/mol. The van der Waals surface area contributed by atoms with Crippen molar-refractivity contribution in [2.75, 3.05) is 30.4 Å². The second kappa shape index (κ2) is 7.63. The quantitative estimate of drug-likeness (QED) is 0.647. The number of carbonyl (C=O) groups excluding carboxylic acids is 1. The highest BCUT2D eigenvalue weighted by atomic mass is 35.5. The van der Waals surface area contributed by atoms with Gasteiger partial charge in [0, 0.05) is 20.1 Å². The molecule has 1 aliphatic rings. The predicted octanol–water partition coefficient (Wildman–Crippen LogP) is 3.39. The highest BCUT2D eigenvalue weighted by molar-refractivity contribution is 6.31. The van der Waals surface area contributed by atoms with Crippen LogP contribution < -0.4 is 10.2 Å². The van der Waals surface area contributed by atoms with Crippen LogP contribution in [0.15, 0.2) is 49.3 Å². The molecule has 1 aliphatic heterocycles. The molecule has 3 aromatic rings. The van der Waals surface area contributed by atoms with E-state index in [9.17, 15) is 9.18 Å². The molecule has 0 spiro atoms. The van der Waals surface area contributed by atoms with E-state index in [1.54, 1.807) is 17.0 Å². The van der Waals surface area contributed by atoms with Gasteiger partial charge in [-0.2, -0.15) is 0 Å². The first-order valence-corrected chi connectivity index (χ1v) is 9.32. The van der Waals surface area contributed by atoms with Gasteiger partial charge in [-0.05, 0) is 30.3 Å². The van der Waals surface area contributed by atoms with Gasteiger partial charge in [0.2, 0.25) is 5.91 Å². The van der Waals surface area contributed by atoms with Gasteiger partial charge in [0.1, 0.15) is 17.7 Å². The molecule has 0 radical (unpaired) electrons. The Morgan fingerprint density at radius 3 is 2.90 bits per heavy atom. The van der Waals surface area contributed by atoms with Crippen LogP contribution in [0.1, 0.15) is 0 Å². The first-order chi connectivity index (χ1) is 14.0. The number of anilines is 3. The number of likely N-dealkylation sites (N-methyl/N-ethyl adjacent to an activating group) is 1. The minimum Gasteiger partial charge on any atom is -0.353 e. The van der Waals surface area contributed by atoms with E-state index in [0.717, 1.165) is 0 Å². The molecule has 0 bridgehead atoms. The number of rotatable bonds is 5. The Bertz CT molecular complexity index is 1100. The van der Waals surface area contributed by atoms with E-state index >= 15 is 0 Å². The van der Waals surface area contributed by atoms with Gasteiger partial charge < -0.3 is 15.1 Å². The van der Waals surface area contributed by atoms with Crippen molar-refractivity contribution in [3.63, 3.8) is 0 Å². The molecule has 1 aromatic carbocycles. The molecule has 1 saturated heterocycles. The summed E-state index contributed by atoms with van der Waals surface area (Å²) in [6.45, 7) is 4.71. The van der Waals surface area contributed by atoms with E-state index in [-0.39, 0.29) is 22.7 Å². The lowest BCUT2D eigenvalue weighted by Gasteiger charge is -2.44. The van der Waals surface area contributed by atoms with Gasteiger partial charge in [-0.1, -0.05) is 24.2 Å². The Morgan fingerprint density at radius 2 is 2.14 bits per heavy atom. The Hall–Kier alpha value is -3.26. The van der Waals surface area contributed by atoms with E-state index in [1.165, 1.54) is 18.5 Å². The Balaban J connectivity index is 1.62. The summed E-state index contributed by atoms with van der Waals surface area (Å²) in [5.41, 5.74) is 1.34. The fraction of sp³-hybridized carbons (Fsp3) is 0.200. The minimum atomic E-state index is -0.560. The lowest BCUT2D eigenvalue weighted by atomic mass is 10.1. The first-order valence-electron chi connectivity index (χ1n) is 8.95. The maximum absolute atomic E-state index is 14.3. The number of halogens is 2. The maximum atomic E-state index is 14.3. The molecular formula is C20H18ClFN6O. The van der Waals surface area contributed by atoms with Gasteiger partial charge in [0.05, 0.1) is 22.3 Å². The molecule has 1 N–H and O–H groups in total. The molecule has 1 fully saturated rings. The van der Waals surface area contributed by atoms with E-state index in [1.807, 2.05) is 24.1 Å². The van der Waals surface area contributed by atoms with Crippen LogP contribution in [0.5, 0.6) is 0 Å². The van der Waals surface area contributed by atoms with Crippen LogP contribution in [0.2, 0.25) is 5.02 Å². The Morgan fingerprint density at radius 1 is 1.34 bits per heavy atom. The molecule has 148 valence electrons. The van der Waals surface area contributed by atoms with E-state index in [4.69, 9.17) is 11.6 Å². The standard InChI is InChI=1S/C20H18ClFN6O/c1-3-17(29)28-9-12(10-28)27(2)16-8-7-15-19(26-16)20(24-11-23-15)25-14-6-4-5-13(21)18(14)22/h3-8,11-12H,1,9-10H2,2H3,(H,23,24,25). The number of nitrogens with one attached hydrogen (secondary N) is 1. The summed E-state index contributed by atoms with van der Waals surface area (Å²) >= 11 is 5.86. The lowest BCUT2D eigenvalue weighted by Crippen LogP contribution is -2.60. The lowest BCUT2D eigenvalue weighted by molar-refractivity contribution is -0.130. The summed E-state index contributed by atoms with van der Waals surface area (Å²) < 4.78 is 14.3. The van der Waals surface area contributed by atoms with Crippen molar-refractivity contribution in [3.05, 3.63) is 60.2 Å². The fourth-order valence-electron chi connectivity index (χ4n) is 3.14. The summed E-state index contributed by atoms with van der Waals surface area (Å²) in [5.74, 6) is 0.446. The number of amides is 1. The maximum Gasteiger partial charge on any atom is 0.246 e. The summed E-state index contributed by atoms with van der Waals surface area (Å²) in [6, 6.07) is 8.54. The van der Waals surface area contributed by atoms with Crippen molar-refractivity contribution >= 4 is 45.9 Å². The van der Waals surface area contributed by atoms with Crippen LogP contribution in [-0.2, 0) is 4.79 Å². The number of likely N-dealkylation sites (tertiary alicyclic amines) is 1. The second-order valence-electron chi connectivity index (χ2n) is 6.70. The summed E-state index contributed by atoms with van der Waals surface area (Å²) in [4.78, 5) is 28.5. The Kier molecular flexibility index (Phi) is 5.02. The zero-order valence-corrected chi connectivity index (χ0v) is 16.4. The topological polar surface area (TPSA) is 74.2 Å². The van der Waals surface area contributed by atoms with Crippen molar-refractivity contribution in [1.29, 1.82) is 0 Å². The zero-order valence-electron chi connectivity index (χ0n) is 15.6. The molecule has 4 rings (SSSR count). The van der Waals surface area contributed by atoms with Gasteiger partial charge in [0.25, 0.3) is 0 Å². The van der Waals surface area contributed by atoms with Gasteiger partial charge in [-0.25, -0.2) is 19.3 Å². The number of aromatic nitrogens is 3. The van der Waals surface area contributed by atoms with Gasteiger partial charge in [-0.3, -0.25) is 4.79 Å². The van der Waals surface area contributed by atoms with Crippen molar-refractivity contribution in [1.82, 2.24) is 19.9 Å². The molecule has 29 heavy (non-hydrogen) atoms. The van der Waals surface area contributed by atoms with Crippen LogP contribution in [0.3, 0.4) is 0 Å². The van der Waals surface area contributed by atoms with E-state index in [0.29, 0.717) is 35.8 Å². The van der Waals surface area contributed by atoms with Crippen LogP contribution >= 0.6 is 11.6 Å². The fourth-order valence-corrected chi connectivity index (χ4v) is 3.32. The van der Waals surface area contributed by atoms with Crippen LogP contribution in [0, 0.1) is 5.82 Å². The van der Waals surface area contributed by atoms with Crippen molar-refractivity contribution < 1.29 is 9.18 Å². The number of hydrogen-bond donors (Lipinski definition) is 1. The highest BCUT2D eigenvalue weighted by Crippen LogP contribution is 2.29. The number of carbonyl (C=O) groups is 1. The van der Waals surface area contributed by atoms with Crippen LogP contribution in [0.4, 0.5) is 21.7 Å². The predicted molar refractivity (Wildman–Crippen MR) is 111 cm³/mol. The number of pyridine rings is 1. The third-order valence-electron chi connectivity index (χ3n) is 4.93. The molecule has 2 aromatic heterocycles. The van der Waals surface area contributed by atoms with Gasteiger partial charge in [-0.15, -0.1) is 0 Å². The third-order valence-corrected chi connectivity index (χ3v) is 5.22. The SMILES string of the molecule is C=CC(=O)N1CC(N(C)c2ccc3ncnc(Nc4cccc(Cl)c4F)c3n2)C1. The molecule has 0 aliphatic carbocycles. The third kappa shape index (κ3) is 3.58. The molecule has 3 heterocycles. The van der Waals surface area contributed by atoms with Crippen molar-refractivity contribution in [2.45, 2.75) is 6.04 Å². The van der Waals surface area contributed by atoms with Crippen molar-refractivity contribution in [2.24, 2.45) is 0 Å². The molecule has 9 heteroatoms. The highest BCUT2D eigenvalue weighted by Gasteiger charge is 2.32. The summed E-state index contributed by atoms with van der Waals surface area (Å²) in [6.07, 6.45) is 2.71. The molecular weight excluding hydrogens is 395 g/mol. The minimum absolute atomic E-state index is 0.0188. The smallest absolute Gasteiger partial charge is 0.246 e. The zero-order chi connectivity index (χ0) is 20.5. The number of fused-ring (bicyclic) bond motifs is 1. The van der Waals surface area contributed by atoms with Crippen LogP contribution in [0.25, 0.3) is 11.0 Å². The van der Waals surface area contributed by atoms with E-state index < -0.39 is 5.82 Å². The molecule has 1 amide bonds. The second-order valence-corrected chi connectivity index (χ2v) is 7.11. The first kappa shape index (κ1) is 19.1. The van der Waals surface area contributed by atoms with Gasteiger partial charge >= 0.3 is 0 Å². The molecule has 0 unspecified atom stereocenters. The number of hydrogen-bond acceptors (Lipinski definition) is 6. The normalized spacial score (nSPS) is 13.8. The average molecular weight is 413 g/mol. The molecule has 7 nitrogen and oxygen atoms in total. The Labute approximate surface area is 171 Å². The molecule has 0 atom stereocenters. The van der Waals surface area contributed by atoms with Crippen LogP contribution in [-0.4, -0.2) is 51.9 Å². The number of nitrogens with zero attached hydrogens (tertiary/aromatic N) is 5. The van der Waals surface area contributed by atoms with Crippen molar-refractivity contribution in [3.8, 4) is 0 Å². The largest absolute Gasteiger partial charge is 0.353 e. The average Bonchev–Trinajstić information content (AvgIpc) is 2.70. The number of benzene rings is 1. The summed E-state index contributed by atoms with van der Waals surface area (Å²) in [5, 5.41) is 2.97. The van der Waals surface area contributed by atoms with E-state index in [2.05, 4.69) is 26.8 Å². The summed E-state index contributed by atoms with van der Waals surface area (Å²) in [7, 11) is 1.92.